The van der Waals surface area contributed by atoms with Crippen LogP contribution in [0.5, 0.6) is 0 Å². The molecule has 0 radical (unpaired) electrons. The van der Waals surface area contributed by atoms with Crippen molar-refractivity contribution in [2.45, 2.75) is 6.92 Å². The first kappa shape index (κ1) is 12.4. The second-order valence-corrected chi connectivity index (χ2v) is 3.13. The standard InChI is InChI=1S/C9H10ClN3O3/c1-2-16-9(15)5-13(6-14)8-4-11-3-7(10)12-8/h3-4,6H,2,5H2,1H3. The molecule has 16 heavy (non-hydrogen) atoms. The summed E-state index contributed by atoms with van der Waals surface area (Å²) < 4.78 is 4.71. The van der Waals surface area contributed by atoms with Crippen LogP contribution in [0.1, 0.15) is 6.92 Å². The van der Waals surface area contributed by atoms with Crippen molar-refractivity contribution in [3.8, 4) is 0 Å². The van der Waals surface area contributed by atoms with Gasteiger partial charge in [-0.3, -0.25) is 19.5 Å². The number of amides is 1. The molecule has 0 saturated heterocycles. The summed E-state index contributed by atoms with van der Waals surface area (Å²) in [4.78, 5) is 30.6. The highest BCUT2D eigenvalue weighted by atomic mass is 35.5. The van der Waals surface area contributed by atoms with E-state index in [9.17, 15) is 9.59 Å². The highest BCUT2D eigenvalue weighted by molar-refractivity contribution is 6.29. The number of esters is 1. The number of carbonyl (C=O) groups excluding carboxylic acids is 2. The van der Waals surface area contributed by atoms with Crippen LogP contribution < -0.4 is 4.90 Å². The molecule has 7 heteroatoms. The van der Waals surface area contributed by atoms with Crippen molar-refractivity contribution < 1.29 is 14.3 Å². The fourth-order valence-corrected chi connectivity index (χ4v) is 1.13. The third-order valence-electron chi connectivity index (χ3n) is 1.62. The number of hydrogen-bond donors (Lipinski definition) is 0. The third kappa shape index (κ3) is 3.47. The Hall–Kier alpha value is -1.69. The van der Waals surface area contributed by atoms with Crippen LogP contribution in [0.4, 0.5) is 5.82 Å². The van der Waals surface area contributed by atoms with Crippen LogP contribution in [0, 0.1) is 0 Å². The van der Waals surface area contributed by atoms with Crippen LogP contribution in [0.15, 0.2) is 12.4 Å². The van der Waals surface area contributed by atoms with E-state index in [0.29, 0.717) is 6.41 Å². The molecule has 0 atom stereocenters. The number of carbonyl (C=O) groups is 2. The maximum Gasteiger partial charge on any atom is 0.326 e. The molecule has 1 rings (SSSR count). The lowest BCUT2D eigenvalue weighted by atomic mass is 10.5. The van der Waals surface area contributed by atoms with Crippen LogP contribution >= 0.6 is 11.6 Å². The Bertz CT molecular complexity index is 386. The lowest BCUT2D eigenvalue weighted by Crippen LogP contribution is -2.30. The maximum atomic E-state index is 11.2. The minimum atomic E-state index is -0.517. The van der Waals surface area contributed by atoms with Gasteiger partial charge in [0.15, 0.2) is 5.82 Å². The Morgan fingerprint density at radius 2 is 2.38 bits per heavy atom. The van der Waals surface area contributed by atoms with Crippen LogP contribution in [0.3, 0.4) is 0 Å². The smallest absolute Gasteiger partial charge is 0.326 e. The van der Waals surface area contributed by atoms with Crippen molar-refractivity contribution in [2.75, 3.05) is 18.1 Å². The second kappa shape index (κ2) is 6.02. The van der Waals surface area contributed by atoms with E-state index >= 15 is 0 Å². The molecule has 0 aliphatic carbocycles. The molecular weight excluding hydrogens is 234 g/mol. The molecule has 0 bridgehead atoms. The van der Waals surface area contributed by atoms with Crippen LogP contribution in [0.25, 0.3) is 0 Å². The van der Waals surface area contributed by atoms with Gasteiger partial charge in [-0.25, -0.2) is 4.98 Å². The molecule has 0 aromatic carbocycles. The molecule has 0 saturated carbocycles. The van der Waals surface area contributed by atoms with E-state index in [4.69, 9.17) is 16.3 Å². The summed E-state index contributed by atoms with van der Waals surface area (Å²) in [5.41, 5.74) is 0. The third-order valence-corrected chi connectivity index (χ3v) is 1.80. The van der Waals surface area contributed by atoms with E-state index in [1.807, 2.05) is 0 Å². The Morgan fingerprint density at radius 1 is 1.62 bits per heavy atom. The van der Waals surface area contributed by atoms with E-state index < -0.39 is 5.97 Å². The molecule has 0 fully saturated rings. The van der Waals surface area contributed by atoms with Gasteiger partial charge in [-0.15, -0.1) is 0 Å². The van der Waals surface area contributed by atoms with Crippen molar-refractivity contribution >= 4 is 29.8 Å². The van der Waals surface area contributed by atoms with Gasteiger partial charge in [0.25, 0.3) is 0 Å². The monoisotopic (exact) mass is 243 g/mol. The molecule has 0 aliphatic heterocycles. The van der Waals surface area contributed by atoms with Crippen LogP contribution in [0.2, 0.25) is 5.15 Å². The van der Waals surface area contributed by atoms with E-state index in [1.165, 1.54) is 12.4 Å². The van der Waals surface area contributed by atoms with Gasteiger partial charge in [0.1, 0.15) is 11.7 Å². The largest absolute Gasteiger partial charge is 0.465 e. The summed E-state index contributed by atoms with van der Waals surface area (Å²) in [6.07, 6.45) is 3.13. The number of nitrogens with zero attached hydrogens (tertiary/aromatic N) is 3. The zero-order valence-corrected chi connectivity index (χ0v) is 9.35. The quantitative estimate of drug-likeness (QED) is 0.561. The lowest BCUT2D eigenvalue weighted by Gasteiger charge is -2.14. The molecule has 1 aromatic rings. The molecule has 86 valence electrons. The minimum absolute atomic E-state index is 0.146. The summed E-state index contributed by atoms with van der Waals surface area (Å²) in [6.45, 7) is 1.72. The summed E-state index contributed by atoms with van der Waals surface area (Å²) in [5, 5.41) is 0.146. The van der Waals surface area contributed by atoms with E-state index in [2.05, 4.69) is 9.97 Å². The first-order valence-electron chi connectivity index (χ1n) is 4.52. The number of rotatable bonds is 5. The van der Waals surface area contributed by atoms with Gasteiger partial charge in [0.05, 0.1) is 19.0 Å². The number of halogens is 1. The summed E-state index contributed by atoms with van der Waals surface area (Å²) in [5.74, 6) is -0.313. The van der Waals surface area contributed by atoms with Crippen LogP contribution in [-0.2, 0) is 14.3 Å². The molecule has 1 heterocycles. The fraction of sp³-hybridized carbons (Fsp3) is 0.333. The number of aromatic nitrogens is 2. The predicted molar refractivity (Wildman–Crippen MR) is 57.1 cm³/mol. The topological polar surface area (TPSA) is 72.4 Å². The van der Waals surface area contributed by atoms with Gasteiger partial charge in [-0.2, -0.15) is 0 Å². The van der Waals surface area contributed by atoms with Crippen molar-refractivity contribution in [2.24, 2.45) is 0 Å². The van der Waals surface area contributed by atoms with Crippen molar-refractivity contribution in [3.63, 3.8) is 0 Å². The normalized spacial score (nSPS) is 9.62. The molecule has 1 aromatic heterocycles. The molecule has 6 nitrogen and oxygen atoms in total. The van der Waals surface area contributed by atoms with Gasteiger partial charge in [0, 0.05) is 0 Å². The molecule has 0 unspecified atom stereocenters. The summed E-state index contributed by atoms with van der Waals surface area (Å²) >= 11 is 5.61. The van der Waals surface area contributed by atoms with Crippen molar-refractivity contribution in [3.05, 3.63) is 17.5 Å². The van der Waals surface area contributed by atoms with Gasteiger partial charge in [-0.1, -0.05) is 11.6 Å². The van der Waals surface area contributed by atoms with E-state index in [-0.39, 0.29) is 24.1 Å². The number of hydrogen-bond acceptors (Lipinski definition) is 5. The first-order valence-corrected chi connectivity index (χ1v) is 4.90. The first-order chi connectivity index (χ1) is 7.67. The Kier molecular flexibility index (Phi) is 4.65. The van der Waals surface area contributed by atoms with Crippen molar-refractivity contribution in [1.29, 1.82) is 0 Å². The van der Waals surface area contributed by atoms with Crippen LogP contribution in [-0.4, -0.2) is 35.5 Å². The zero-order chi connectivity index (χ0) is 12.0. The highest BCUT2D eigenvalue weighted by Gasteiger charge is 2.13. The van der Waals surface area contributed by atoms with Gasteiger partial charge in [-0.05, 0) is 6.92 Å². The predicted octanol–water partition coefficient (Wildman–Crippen LogP) is 0.656. The van der Waals surface area contributed by atoms with Gasteiger partial charge < -0.3 is 4.74 Å². The Balaban J connectivity index is 2.74. The van der Waals surface area contributed by atoms with Gasteiger partial charge >= 0.3 is 5.97 Å². The van der Waals surface area contributed by atoms with E-state index in [0.717, 1.165) is 4.90 Å². The average molecular weight is 244 g/mol. The maximum absolute atomic E-state index is 11.2. The average Bonchev–Trinajstić information content (AvgIpc) is 2.26. The van der Waals surface area contributed by atoms with Gasteiger partial charge in [0.2, 0.25) is 6.41 Å². The Morgan fingerprint density at radius 3 is 2.94 bits per heavy atom. The molecule has 0 aliphatic rings. The Labute approximate surface area is 97.2 Å². The zero-order valence-electron chi connectivity index (χ0n) is 8.59. The highest BCUT2D eigenvalue weighted by Crippen LogP contribution is 2.10. The second-order valence-electron chi connectivity index (χ2n) is 2.74. The molecule has 0 N–H and O–H groups in total. The SMILES string of the molecule is CCOC(=O)CN(C=O)c1cncc(Cl)n1. The lowest BCUT2D eigenvalue weighted by molar-refractivity contribution is -0.141. The summed E-state index contributed by atoms with van der Waals surface area (Å²) in [7, 11) is 0. The number of anilines is 1. The molecular formula is C9H10ClN3O3. The van der Waals surface area contributed by atoms with Crippen molar-refractivity contribution in [1.82, 2.24) is 9.97 Å². The number of ether oxygens (including phenoxy) is 1. The summed E-state index contributed by atoms with van der Waals surface area (Å²) in [6, 6.07) is 0. The molecule has 1 amide bonds. The fourth-order valence-electron chi connectivity index (χ4n) is 0.989. The molecule has 0 spiro atoms. The van der Waals surface area contributed by atoms with E-state index in [1.54, 1.807) is 6.92 Å². The minimum Gasteiger partial charge on any atom is -0.465 e.